The summed E-state index contributed by atoms with van der Waals surface area (Å²) >= 11 is 0. The first-order valence-electron chi connectivity index (χ1n) is 5.99. The molecule has 2 heterocycles. The zero-order valence-electron chi connectivity index (χ0n) is 10.5. The number of hydrogen-bond donors (Lipinski definition) is 1. The molecule has 0 aliphatic carbocycles. The molecule has 5 nitrogen and oxygen atoms in total. The Bertz CT molecular complexity index is 675. The normalized spacial score (nSPS) is 10.4. The lowest BCUT2D eigenvalue weighted by atomic mass is 10.2. The average Bonchev–Trinajstić information content (AvgIpc) is 2.98. The highest BCUT2D eigenvalue weighted by molar-refractivity contribution is 5.58. The number of aromatic nitrogens is 4. The standard InChI is InChI=1S/C14H13N5/c1-15-14-16-9-7-12(18-14)13-8-10-17-19(13)11-5-3-2-4-6-11/h2-10H,1H3,(H,15,16,18). The molecule has 0 fully saturated rings. The van der Waals surface area contributed by atoms with Crippen LogP contribution in [0.1, 0.15) is 0 Å². The Kier molecular flexibility index (Phi) is 2.94. The van der Waals surface area contributed by atoms with Crippen molar-refractivity contribution in [1.82, 2.24) is 19.7 Å². The lowest BCUT2D eigenvalue weighted by molar-refractivity contribution is 0.883. The smallest absolute Gasteiger partial charge is 0.222 e. The molecule has 0 amide bonds. The number of benzene rings is 1. The maximum absolute atomic E-state index is 4.44. The molecule has 3 rings (SSSR count). The van der Waals surface area contributed by atoms with E-state index in [9.17, 15) is 0 Å². The van der Waals surface area contributed by atoms with E-state index in [1.165, 1.54) is 0 Å². The van der Waals surface area contributed by atoms with Gasteiger partial charge in [0.25, 0.3) is 0 Å². The Morgan fingerprint density at radius 2 is 1.84 bits per heavy atom. The summed E-state index contributed by atoms with van der Waals surface area (Å²) in [6, 6.07) is 13.8. The van der Waals surface area contributed by atoms with Crippen LogP contribution in [0, 0.1) is 0 Å². The van der Waals surface area contributed by atoms with Crippen molar-refractivity contribution in [2.24, 2.45) is 0 Å². The molecule has 0 atom stereocenters. The lowest BCUT2D eigenvalue weighted by Crippen LogP contribution is -2.02. The fraction of sp³-hybridized carbons (Fsp3) is 0.0714. The van der Waals surface area contributed by atoms with E-state index in [2.05, 4.69) is 20.4 Å². The summed E-state index contributed by atoms with van der Waals surface area (Å²) in [6.07, 6.45) is 3.50. The predicted octanol–water partition coefficient (Wildman–Crippen LogP) is 2.37. The molecule has 5 heteroatoms. The van der Waals surface area contributed by atoms with Crippen LogP contribution in [0.5, 0.6) is 0 Å². The minimum absolute atomic E-state index is 0.596. The summed E-state index contributed by atoms with van der Waals surface area (Å²) in [6.45, 7) is 0. The van der Waals surface area contributed by atoms with Crippen molar-refractivity contribution in [2.75, 3.05) is 12.4 Å². The molecular weight excluding hydrogens is 238 g/mol. The molecule has 94 valence electrons. The first kappa shape index (κ1) is 11.4. The maximum Gasteiger partial charge on any atom is 0.222 e. The molecule has 0 aliphatic rings. The van der Waals surface area contributed by atoms with Gasteiger partial charge in [-0.05, 0) is 24.3 Å². The molecule has 1 N–H and O–H groups in total. The first-order valence-corrected chi connectivity index (χ1v) is 5.99. The Balaban J connectivity index is 2.09. The van der Waals surface area contributed by atoms with Gasteiger partial charge in [-0.1, -0.05) is 18.2 Å². The molecule has 0 radical (unpaired) electrons. The van der Waals surface area contributed by atoms with Gasteiger partial charge in [0.15, 0.2) is 0 Å². The van der Waals surface area contributed by atoms with Gasteiger partial charge < -0.3 is 5.32 Å². The number of hydrogen-bond acceptors (Lipinski definition) is 4. The van der Waals surface area contributed by atoms with Gasteiger partial charge >= 0.3 is 0 Å². The van der Waals surface area contributed by atoms with Crippen LogP contribution in [-0.4, -0.2) is 26.8 Å². The zero-order valence-corrected chi connectivity index (χ0v) is 10.5. The SMILES string of the molecule is CNc1nccc(-c2ccnn2-c2ccccc2)n1. The molecule has 0 bridgehead atoms. The van der Waals surface area contributed by atoms with Crippen LogP contribution in [0.15, 0.2) is 54.9 Å². The minimum Gasteiger partial charge on any atom is -0.357 e. The highest BCUT2D eigenvalue weighted by Gasteiger charge is 2.09. The minimum atomic E-state index is 0.596. The van der Waals surface area contributed by atoms with E-state index >= 15 is 0 Å². The van der Waals surface area contributed by atoms with Crippen LogP contribution >= 0.6 is 0 Å². The summed E-state index contributed by atoms with van der Waals surface area (Å²) in [7, 11) is 1.80. The third kappa shape index (κ3) is 2.18. The van der Waals surface area contributed by atoms with E-state index in [-0.39, 0.29) is 0 Å². The first-order chi connectivity index (χ1) is 9.38. The van der Waals surface area contributed by atoms with Gasteiger partial charge in [0.05, 0.1) is 23.3 Å². The molecule has 0 spiro atoms. The van der Waals surface area contributed by atoms with Crippen LogP contribution in [0.3, 0.4) is 0 Å². The third-order valence-electron chi connectivity index (χ3n) is 2.79. The average molecular weight is 251 g/mol. The number of nitrogens with one attached hydrogen (secondary N) is 1. The Morgan fingerprint density at radius 3 is 2.63 bits per heavy atom. The van der Waals surface area contributed by atoms with E-state index in [0.717, 1.165) is 17.1 Å². The Hall–Kier alpha value is -2.69. The second kappa shape index (κ2) is 4.89. The number of para-hydroxylation sites is 1. The Morgan fingerprint density at radius 1 is 1.00 bits per heavy atom. The number of anilines is 1. The second-order valence-electron chi connectivity index (χ2n) is 3.98. The quantitative estimate of drug-likeness (QED) is 0.776. The molecule has 19 heavy (non-hydrogen) atoms. The van der Waals surface area contributed by atoms with Gasteiger partial charge in [-0.25, -0.2) is 14.6 Å². The van der Waals surface area contributed by atoms with Gasteiger partial charge in [-0.15, -0.1) is 0 Å². The molecule has 1 aromatic carbocycles. The van der Waals surface area contributed by atoms with E-state index in [4.69, 9.17) is 0 Å². The van der Waals surface area contributed by atoms with Crippen molar-refractivity contribution >= 4 is 5.95 Å². The van der Waals surface area contributed by atoms with Crippen LogP contribution in [0.2, 0.25) is 0 Å². The number of rotatable bonds is 3. The van der Waals surface area contributed by atoms with E-state index in [1.807, 2.05) is 47.1 Å². The van der Waals surface area contributed by atoms with Crippen molar-refractivity contribution in [2.45, 2.75) is 0 Å². The molecule has 2 aromatic heterocycles. The maximum atomic E-state index is 4.44. The van der Waals surface area contributed by atoms with Crippen molar-refractivity contribution in [1.29, 1.82) is 0 Å². The summed E-state index contributed by atoms with van der Waals surface area (Å²) in [5.74, 6) is 0.596. The summed E-state index contributed by atoms with van der Waals surface area (Å²) < 4.78 is 1.86. The third-order valence-corrected chi connectivity index (χ3v) is 2.79. The van der Waals surface area contributed by atoms with Crippen molar-refractivity contribution < 1.29 is 0 Å². The van der Waals surface area contributed by atoms with E-state index in [0.29, 0.717) is 5.95 Å². The zero-order chi connectivity index (χ0) is 13.1. The van der Waals surface area contributed by atoms with Gasteiger partial charge in [0.1, 0.15) is 0 Å². The molecule has 3 aromatic rings. The second-order valence-corrected chi connectivity index (χ2v) is 3.98. The van der Waals surface area contributed by atoms with Crippen molar-refractivity contribution in [3.63, 3.8) is 0 Å². The highest BCUT2D eigenvalue weighted by atomic mass is 15.3. The van der Waals surface area contributed by atoms with Crippen LogP contribution in [0.25, 0.3) is 17.1 Å². The highest BCUT2D eigenvalue weighted by Crippen LogP contribution is 2.20. The summed E-state index contributed by atoms with van der Waals surface area (Å²) in [5.41, 5.74) is 2.78. The number of nitrogens with zero attached hydrogens (tertiary/aromatic N) is 4. The van der Waals surface area contributed by atoms with Crippen LogP contribution in [-0.2, 0) is 0 Å². The molecular formula is C14H13N5. The van der Waals surface area contributed by atoms with Gasteiger partial charge in [-0.2, -0.15) is 5.10 Å². The Labute approximate surface area is 111 Å². The fourth-order valence-electron chi connectivity index (χ4n) is 1.89. The fourth-order valence-corrected chi connectivity index (χ4v) is 1.89. The topological polar surface area (TPSA) is 55.6 Å². The van der Waals surface area contributed by atoms with E-state index < -0.39 is 0 Å². The summed E-state index contributed by atoms with van der Waals surface area (Å²) in [5, 5.41) is 7.29. The van der Waals surface area contributed by atoms with E-state index in [1.54, 1.807) is 19.4 Å². The van der Waals surface area contributed by atoms with Gasteiger partial charge in [-0.3, -0.25) is 0 Å². The van der Waals surface area contributed by atoms with Gasteiger partial charge in [0, 0.05) is 13.2 Å². The summed E-state index contributed by atoms with van der Waals surface area (Å²) in [4.78, 5) is 8.56. The monoisotopic (exact) mass is 251 g/mol. The molecule has 0 aliphatic heterocycles. The van der Waals surface area contributed by atoms with Crippen molar-refractivity contribution in [3.8, 4) is 17.1 Å². The largest absolute Gasteiger partial charge is 0.357 e. The molecule has 0 unspecified atom stereocenters. The van der Waals surface area contributed by atoms with Crippen LogP contribution < -0.4 is 5.32 Å². The van der Waals surface area contributed by atoms with Crippen LogP contribution in [0.4, 0.5) is 5.95 Å². The van der Waals surface area contributed by atoms with Crippen molar-refractivity contribution in [3.05, 3.63) is 54.9 Å². The predicted molar refractivity (Wildman–Crippen MR) is 74.1 cm³/mol. The van der Waals surface area contributed by atoms with Gasteiger partial charge in [0.2, 0.25) is 5.95 Å². The lowest BCUT2D eigenvalue weighted by Gasteiger charge is -2.07. The molecule has 0 saturated heterocycles. The molecule has 0 saturated carbocycles.